The minimum absolute atomic E-state index is 0.0226. The van der Waals surface area contributed by atoms with Crippen LogP contribution in [-0.2, 0) is 9.53 Å². The van der Waals surface area contributed by atoms with E-state index in [4.69, 9.17) is 0 Å². The van der Waals surface area contributed by atoms with Gasteiger partial charge in [0.05, 0.1) is 17.1 Å². The van der Waals surface area contributed by atoms with Gasteiger partial charge in [-0.2, -0.15) is 0 Å². The number of ether oxygens (including phenoxy) is 1. The predicted octanol–water partition coefficient (Wildman–Crippen LogP) is 1.88. The number of phenols is 1. The summed E-state index contributed by atoms with van der Waals surface area (Å²) in [5.41, 5.74) is -0.295. The molecule has 1 aromatic carbocycles. The largest absolute Gasteiger partial charge is 0.507 e. The zero-order valence-electron chi connectivity index (χ0n) is 9.12. The van der Waals surface area contributed by atoms with Gasteiger partial charge < -0.3 is 9.84 Å². The van der Waals surface area contributed by atoms with Crippen LogP contribution in [0.15, 0.2) is 24.3 Å². The number of esters is 1. The smallest absolute Gasteiger partial charge is 0.330 e. The van der Waals surface area contributed by atoms with Crippen molar-refractivity contribution < 1.29 is 19.6 Å². The Balaban J connectivity index is 3.05. The van der Waals surface area contributed by atoms with E-state index >= 15 is 0 Å². The second kappa shape index (κ2) is 5.64. The van der Waals surface area contributed by atoms with Crippen molar-refractivity contribution in [1.82, 2.24) is 0 Å². The van der Waals surface area contributed by atoms with E-state index in [-0.39, 0.29) is 23.6 Å². The summed E-state index contributed by atoms with van der Waals surface area (Å²) in [6.07, 6.45) is 2.19. The van der Waals surface area contributed by atoms with Gasteiger partial charge in [-0.3, -0.25) is 10.1 Å². The van der Waals surface area contributed by atoms with Crippen molar-refractivity contribution in [2.75, 3.05) is 6.61 Å². The molecular formula is C11H11NO5. The second-order valence-corrected chi connectivity index (χ2v) is 3.05. The van der Waals surface area contributed by atoms with Gasteiger partial charge in [0.15, 0.2) is 0 Å². The fraction of sp³-hybridized carbons (Fsp3) is 0.182. The van der Waals surface area contributed by atoms with Gasteiger partial charge in [-0.25, -0.2) is 4.79 Å². The first-order valence-electron chi connectivity index (χ1n) is 4.87. The Labute approximate surface area is 97.3 Å². The Kier molecular flexibility index (Phi) is 4.21. The molecule has 0 saturated carbocycles. The van der Waals surface area contributed by atoms with E-state index in [2.05, 4.69) is 4.74 Å². The summed E-state index contributed by atoms with van der Waals surface area (Å²) in [4.78, 5) is 21.1. The molecule has 1 aromatic rings. The van der Waals surface area contributed by atoms with Crippen molar-refractivity contribution in [1.29, 1.82) is 0 Å². The van der Waals surface area contributed by atoms with Gasteiger partial charge >= 0.3 is 5.97 Å². The first-order valence-corrected chi connectivity index (χ1v) is 4.87. The van der Waals surface area contributed by atoms with Crippen LogP contribution in [0, 0.1) is 10.1 Å². The molecule has 0 fully saturated rings. The van der Waals surface area contributed by atoms with Crippen LogP contribution in [0.2, 0.25) is 0 Å². The minimum Gasteiger partial charge on any atom is -0.507 e. The van der Waals surface area contributed by atoms with Crippen molar-refractivity contribution in [3.63, 3.8) is 0 Å². The maximum atomic E-state index is 11.0. The van der Waals surface area contributed by atoms with Gasteiger partial charge in [0, 0.05) is 12.1 Å². The fourth-order valence-corrected chi connectivity index (χ4v) is 1.21. The highest BCUT2D eigenvalue weighted by Crippen LogP contribution is 2.28. The molecule has 0 unspecified atom stereocenters. The van der Waals surface area contributed by atoms with E-state index in [1.807, 2.05) is 0 Å². The average molecular weight is 237 g/mol. The monoisotopic (exact) mass is 237 g/mol. The van der Waals surface area contributed by atoms with Gasteiger partial charge in [-0.15, -0.1) is 0 Å². The number of carbonyl (C=O) groups is 1. The number of phenolic OH excluding ortho intramolecular Hbond substituents is 1. The Morgan fingerprint density at radius 3 is 2.88 bits per heavy atom. The lowest BCUT2D eigenvalue weighted by Gasteiger charge is -2.00. The molecule has 1 rings (SSSR count). The molecule has 0 aliphatic carbocycles. The Hall–Kier alpha value is -2.37. The maximum absolute atomic E-state index is 11.0. The van der Waals surface area contributed by atoms with E-state index in [0.29, 0.717) is 0 Å². The highest BCUT2D eigenvalue weighted by molar-refractivity contribution is 5.88. The third-order valence-corrected chi connectivity index (χ3v) is 1.93. The van der Waals surface area contributed by atoms with Crippen LogP contribution in [0.25, 0.3) is 6.08 Å². The van der Waals surface area contributed by atoms with Crippen molar-refractivity contribution in [2.45, 2.75) is 6.92 Å². The zero-order valence-corrected chi connectivity index (χ0v) is 9.12. The lowest BCUT2D eigenvalue weighted by Crippen LogP contribution is -1.99. The highest BCUT2D eigenvalue weighted by atomic mass is 16.6. The number of aromatic hydroxyl groups is 1. The quantitative estimate of drug-likeness (QED) is 0.373. The molecule has 0 aliphatic heterocycles. The molecule has 0 heterocycles. The summed E-state index contributed by atoms with van der Waals surface area (Å²) in [7, 11) is 0. The SMILES string of the molecule is CCOC(=O)/C=C\c1c(O)cccc1[N+](=O)[O-]. The van der Waals surface area contributed by atoms with Crippen LogP contribution >= 0.6 is 0 Å². The predicted molar refractivity (Wildman–Crippen MR) is 60.4 cm³/mol. The molecule has 0 saturated heterocycles. The summed E-state index contributed by atoms with van der Waals surface area (Å²) in [6.45, 7) is 1.86. The van der Waals surface area contributed by atoms with Crippen molar-refractivity contribution in [3.8, 4) is 5.75 Å². The molecule has 17 heavy (non-hydrogen) atoms. The molecule has 0 aliphatic rings. The molecular weight excluding hydrogens is 226 g/mol. The molecule has 0 aromatic heterocycles. The number of nitro benzene ring substituents is 1. The van der Waals surface area contributed by atoms with Gasteiger partial charge in [0.2, 0.25) is 0 Å². The molecule has 0 radical (unpaired) electrons. The van der Waals surface area contributed by atoms with Gasteiger partial charge in [-0.1, -0.05) is 6.07 Å². The number of rotatable bonds is 4. The number of benzene rings is 1. The number of hydrogen-bond acceptors (Lipinski definition) is 5. The van der Waals surface area contributed by atoms with Crippen molar-refractivity contribution in [3.05, 3.63) is 40.0 Å². The lowest BCUT2D eigenvalue weighted by atomic mass is 10.1. The average Bonchev–Trinajstić information content (AvgIpc) is 2.27. The highest BCUT2D eigenvalue weighted by Gasteiger charge is 2.14. The Morgan fingerprint density at radius 2 is 2.29 bits per heavy atom. The van der Waals surface area contributed by atoms with Gasteiger partial charge in [-0.05, 0) is 19.1 Å². The standard InChI is InChI=1S/C11H11NO5/c1-2-17-11(14)7-6-8-9(12(15)16)4-3-5-10(8)13/h3-7,13H,2H2,1H3/b7-6-. The summed E-state index contributed by atoms with van der Waals surface area (Å²) in [6, 6.07) is 3.90. The molecule has 0 amide bonds. The molecule has 6 heteroatoms. The molecule has 90 valence electrons. The minimum atomic E-state index is -0.634. The lowest BCUT2D eigenvalue weighted by molar-refractivity contribution is -0.385. The van der Waals surface area contributed by atoms with Crippen LogP contribution < -0.4 is 0 Å². The first kappa shape index (κ1) is 12.7. The van der Waals surface area contributed by atoms with Crippen molar-refractivity contribution in [2.24, 2.45) is 0 Å². The first-order chi connectivity index (χ1) is 8.06. The number of nitrogens with zero attached hydrogens (tertiary/aromatic N) is 1. The number of nitro groups is 1. The third kappa shape index (κ3) is 3.30. The molecule has 6 nitrogen and oxygen atoms in total. The number of carbonyl (C=O) groups excluding carboxylic acids is 1. The van der Waals surface area contributed by atoms with Crippen molar-refractivity contribution >= 4 is 17.7 Å². The Morgan fingerprint density at radius 1 is 1.59 bits per heavy atom. The van der Waals surface area contributed by atoms with E-state index in [9.17, 15) is 20.0 Å². The molecule has 0 atom stereocenters. The van der Waals surface area contributed by atoms with E-state index < -0.39 is 10.9 Å². The fourth-order valence-electron chi connectivity index (χ4n) is 1.21. The maximum Gasteiger partial charge on any atom is 0.330 e. The topological polar surface area (TPSA) is 89.7 Å². The van der Waals surface area contributed by atoms with Crippen LogP contribution in [0.3, 0.4) is 0 Å². The summed E-state index contributed by atoms with van der Waals surface area (Å²) in [5, 5.41) is 20.2. The summed E-state index contributed by atoms with van der Waals surface area (Å²) >= 11 is 0. The number of hydrogen-bond donors (Lipinski definition) is 1. The normalized spacial score (nSPS) is 10.4. The van der Waals surface area contributed by atoms with E-state index in [1.54, 1.807) is 6.92 Å². The van der Waals surface area contributed by atoms with Crippen LogP contribution in [0.4, 0.5) is 5.69 Å². The van der Waals surface area contributed by atoms with E-state index in [0.717, 1.165) is 12.2 Å². The third-order valence-electron chi connectivity index (χ3n) is 1.93. The summed E-state index contributed by atoms with van der Waals surface area (Å²) < 4.78 is 4.63. The van der Waals surface area contributed by atoms with Gasteiger partial charge in [0.25, 0.3) is 5.69 Å². The summed E-state index contributed by atoms with van der Waals surface area (Å²) in [5.74, 6) is -0.884. The zero-order chi connectivity index (χ0) is 12.8. The molecule has 0 bridgehead atoms. The molecule has 1 N–H and O–H groups in total. The van der Waals surface area contributed by atoms with Crippen LogP contribution in [0.5, 0.6) is 5.75 Å². The van der Waals surface area contributed by atoms with Crippen LogP contribution in [0.1, 0.15) is 12.5 Å². The second-order valence-electron chi connectivity index (χ2n) is 3.05. The Bertz CT molecular complexity index is 467. The van der Waals surface area contributed by atoms with E-state index in [1.165, 1.54) is 18.2 Å². The van der Waals surface area contributed by atoms with Gasteiger partial charge in [0.1, 0.15) is 5.75 Å². The molecule has 0 spiro atoms. The van der Waals surface area contributed by atoms with Crippen LogP contribution in [-0.4, -0.2) is 22.6 Å².